The summed E-state index contributed by atoms with van der Waals surface area (Å²) in [7, 11) is 0. The molecule has 138 valence electrons. The summed E-state index contributed by atoms with van der Waals surface area (Å²) in [5, 5.41) is 9.24. The fourth-order valence-corrected chi connectivity index (χ4v) is 3.24. The lowest BCUT2D eigenvalue weighted by Crippen LogP contribution is -2.51. The number of pyridine rings is 1. The van der Waals surface area contributed by atoms with Crippen LogP contribution in [0, 0.1) is 0 Å². The van der Waals surface area contributed by atoms with Crippen LogP contribution in [0.2, 0.25) is 0 Å². The third-order valence-electron chi connectivity index (χ3n) is 3.63. The molecule has 1 unspecified atom stereocenters. The van der Waals surface area contributed by atoms with Gasteiger partial charge in [-0.2, -0.15) is 0 Å². The number of thiazole rings is 1. The Kier molecular flexibility index (Phi) is 9.92. The Morgan fingerprint density at radius 1 is 1.36 bits per heavy atom. The number of carbonyl (C=O) groups is 1. The molecule has 1 saturated heterocycles. The minimum absolute atomic E-state index is 0. The molecule has 2 aromatic heterocycles. The Balaban J connectivity index is 0.00000156. The Morgan fingerprint density at radius 2 is 2.16 bits per heavy atom. The Bertz CT molecular complexity index is 636. The van der Waals surface area contributed by atoms with Gasteiger partial charge in [-0.15, -0.1) is 36.2 Å². The maximum Gasteiger partial charge on any atom is 0.239 e. The summed E-state index contributed by atoms with van der Waals surface area (Å²) in [6.07, 6.45) is 5.28. The van der Waals surface area contributed by atoms with Crippen LogP contribution in [-0.2, 0) is 16.0 Å². The second kappa shape index (κ2) is 11.4. The fraction of sp³-hybridized carbons (Fsp3) is 0.438. The highest BCUT2D eigenvalue weighted by Crippen LogP contribution is 2.21. The molecule has 0 spiro atoms. The topological polar surface area (TPSA) is 76.1 Å². The van der Waals surface area contributed by atoms with Gasteiger partial charge in [-0.05, 0) is 18.6 Å². The quantitative estimate of drug-likeness (QED) is 0.720. The monoisotopic (exact) mass is 404 g/mol. The van der Waals surface area contributed by atoms with Crippen LogP contribution in [0.25, 0.3) is 11.3 Å². The van der Waals surface area contributed by atoms with Gasteiger partial charge >= 0.3 is 0 Å². The number of rotatable bonds is 6. The van der Waals surface area contributed by atoms with E-state index in [9.17, 15) is 4.79 Å². The van der Waals surface area contributed by atoms with Crippen LogP contribution in [-0.4, -0.2) is 48.2 Å². The molecular formula is C16H22Cl2N4O2S. The zero-order valence-electron chi connectivity index (χ0n) is 13.6. The van der Waals surface area contributed by atoms with Crippen molar-refractivity contribution in [3.63, 3.8) is 0 Å². The normalized spacial score (nSPS) is 16.4. The van der Waals surface area contributed by atoms with E-state index in [1.165, 1.54) is 0 Å². The third kappa shape index (κ3) is 6.52. The van der Waals surface area contributed by atoms with E-state index >= 15 is 0 Å². The van der Waals surface area contributed by atoms with Gasteiger partial charge in [0, 0.05) is 42.8 Å². The predicted octanol–water partition coefficient (Wildman–Crippen LogP) is 2.09. The van der Waals surface area contributed by atoms with Crippen LogP contribution >= 0.6 is 36.2 Å². The highest BCUT2D eigenvalue weighted by Gasteiger charge is 2.20. The molecule has 25 heavy (non-hydrogen) atoms. The molecule has 3 rings (SSSR count). The van der Waals surface area contributed by atoms with Crippen LogP contribution < -0.4 is 10.6 Å². The van der Waals surface area contributed by atoms with E-state index in [1.54, 1.807) is 23.7 Å². The zero-order chi connectivity index (χ0) is 15.9. The number of halogens is 2. The molecule has 0 aromatic carbocycles. The van der Waals surface area contributed by atoms with E-state index in [2.05, 4.69) is 26.0 Å². The third-order valence-corrected chi connectivity index (χ3v) is 4.54. The Labute approximate surface area is 163 Å². The lowest BCUT2D eigenvalue weighted by atomic mass is 10.2. The van der Waals surface area contributed by atoms with Gasteiger partial charge in [-0.25, -0.2) is 4.98 Å². The van der Waals surface area contributed by atoms with Crippen molar-refractivity contribution < 1.29 is 9.53 Å². The van der Waals surface area contributed by atoms with Gasteiger partial charge in [0.2, 0.25) is 5.91 Å². The molecule has 2 aromatic rings. The zero-order valence-corrected chi connectivity index (χ0v) is 16.1. The number of ether oxygens (including phenoxy) is 1. The number of carbonyl (C=O) groups excluding carboxylic acids is 1. The van der Waals surface area contributed by atoms with E-state index in [4.69, 9.17) is 4.74 Å². The van der Waals surface area contributed by atoms with Crippen molar-refractivity contribution in [2.75, 3.05) is 26.3 Å². The highest BCUT2D eigenvalue weighted by atomic mass is 35.5. The summed E-state index contributed by atoms with van der Waals surface area (Å²) in [6, 6.07) is 3.69. The lowest BCUT2D eigenvalue weighted by molar-refractivity contribution is -0.125. The minimum Gasteiger partial charge on any atom is -0.378 e. The smallest absolute Gasteiger partial charge is 0.239 e. The number of hydrogen-bond donors (Lipinski definition) is 2. The molecule has 3 heterocycles. The number of hydrogen-bond acceptors (Lipinski definition) is 6. The molecular weight excluding hydrogens is 383 g/mol. The van der Waals surface area contributed by atoms with E-state index in [1.807, 2.05) is 12.1 Å². The molecule has 9 heteroatoms. The number of aromatic nitrogens is 2. The summed E-state index contributed by atoms with van der Waals surface area (Å²) in [5.74, 6) is 0.0151. The summed E-state index contributed by atoms with van der Waals surface area (Å²) >= 11 is 1.65. The van der Waals surface area contributed by atoms with Crippen molar-refractivity contribution in [2.24, 2.45) is 0 Å². The van der Waals surface area contributed by atoms with E-state index < -0.39 is 0 Å². The first kappa shape index (κ1) is 21.8. The molecule has 1 fully saturated rings. The predicted molar refractivity (Wildman–Crippen MR) is 104 cm³/mol. The first-order valence-electron chi connectivity index (χ1n) is 7.76. The minimum atomic E-state index is -0.220. The van der Waals surface area contributed by atoms with Gasteiger partial charge in [0.25, 0.3) is 0 Å². The molecule has 6 nitrogen and oxygen atoms in total. The first-order chi connectivity index (χ1) is 11.3. The largest absolute Gasteiger partial charge is 0.378 e. The molecule has 1 aliphatic heterocycles. The van der Waals surface area contributed by atoms with Crippen molar-refractivity contribution in [1.82, 2.24) is 20.6 Å². The van der Waals surface area contributed by atoms with Crippen LogP contribution in [0.1, 0.15) is 11.4 Å². The van der Waals surface area contributed by atoms with Gasteiger partial charge in [0.05, 0.1) is 23.9 Å². The number of amides is 1. The summed E-state index contributed by atoms with van der Waals surface area (Å²) in [4.78, 5) is 20.6. The summed E-state index contributed by atoms with van der Waals surface area (Å²) in [5.41, 5.74) is 2.07. The summed E-state index contributed by atoms with van der Waals surface area (Å²) in [6.45, 7) is 2.51. The van der Waals surface area contributed by atoms with Crippen LogP contribution in [0.4, 0.5) is 0 Å². The Morgan fingerprint density at radius 3 is 2.88 bits per heavy atom. The highest BCUT2D eigenvalue weighted by molar-refractivity contribution is 7.09. The Hall–Kier alpha value is -1.25. The van der Waals surface area contributed by atoms with Crippen molar-refractivity contribution in [2.45, 2.75) is 18.9 Å². The van der Waals surface area contributed by atoms with E-state index in [-0.39, 0.29) is 36.8 Å². The van der Waals surface area contributed by atoms with Gasteiger partial charge in [-0.1, -0.05) is 0 Å². The maximum atomic E-state index is 11.9. The first-order valence-corrected chi connectivity index (χ1v) is 8.64. The molecule has 0 aliphatic carbocycles. The van der Waals surface area contributed by atoms with E-state index in [0.29, 0.717) is 19.8 Å². The van der Waals surface area contributed by atoms with Gasteiger partial charge in [-0.3, -0.25) is 9.78 Å². The van der Waals surface area contributed by atoms with Crippen LogP contribution in [0.5, 0.6) is 0 Å². The maximum absolute atomic E-state index is 11.9. The number of nitrogens with zero attached hydrogens (tertiary/aromatic N) is 2. The average molecular weight is 405 g/mol. The molecule has 1 aliphatic rings. The number of aryl methyl sites for hydroxylation is 1. The second-order valence-electron chi connectivity index (χ2n) is 5.34. The van der Waals surface area contributed by atoms with Gasteiger partial charge < -0.3 is 15.4 Å². The summed E-state index contributed by atoms with van der Waals surface area (Å²) < 4.78 is 5.29. The fourth-order valence-electron chi connectivity index (χ4n) is 2.39. The van der Waals surface area contributed by atoms with E-state index in [0.717, 1.165) is 35.7 Å². The molecule has 0 bridgehead atoms. The molecule has 0 saturated carbocycles. The number of nitrogens with one attached hydrogen (secondary N) is 2. The van der Waals surface area contributed by atoms with Crippen molar-refractivity contribution in [3.05, 3.63) is 34.9 Å². The SMILES string of the molecule is Cl.Cl.O=C(NCCCc1nc(-c2ccncc2)cs1)C1COCCN1. The number of morpholine rings is 1. The van der Waals surface area contributed by atoms with Gasteiger partial charge in [0.1, 0.15) is 6.04 Å². The molecule has 2 N–H and O–H groups in total. The van der Waals surface area contributed by atoms with Crippen molar-refractivity contribution in [1.29, 1.82) is 0 Å². The molecule has 0 radical (unpaired) electrons. The molecule has 1 amide bonds. The van der Waals surface area contributed by atoms with Crippen LogP contribution in [0.15, 0.2) is 29.9 Å². The standard InChI is InChI=1S/C16H20N4O2S.2ClH/c21-16(13-10-22-9-8-18-13)19-5-1-2-15-20-14(11-23-15)12-3-6-17-7-4-12;;/h3-4,6-7,11,13,18H,1-2,5,8-10H2,(H,19,21);2*1H. The van der Waals surface area contributed by atoms with Crippen molar-refractivity contribution >= 4 is 42.1 Å². The molecule has 1 atom stereocenters. The lowest BCUT2D eigenvalue weighted by Gasteiger charge is -2.22. The average Bonchev–Trinajstić information content (AvgIpc) is 3.09. The van der Waals surface area contributed by atoms with Gasteiger partial charge in [0.15, 0.2) is 0 Å². The second-order valence-corrected chi connectivity index (χ2v) is 6.28. The van der Waals surface area contributed by atoms with Crippen molar-refractivity contribution in [3.8, 4) is 11.3 Å². The van der Waals surface area contributed by atoms with Crippen LogP contribution in [0.3, 0.4) is 0 Å².